The molecule has 0 heterocycles. The van der Waals surface area contributed by atoms with Gasteiger partial charge in [0.15, 0.2) is 0 Å². The highest BCUT2D eigenvalue weighted by atomic mass is 31.1. The van der Waals surface area contributed by atoms with E-state index in [0.717, 1.165) is 0 Å². The lowest BCUT2D eigenvalue weighted by Gasteiger charge is -2.34. The van der Waals surface area contributed by atoms with Crippen LogP contribution in [0.5, 0.6) is 0 Å². The van der Waals surface area contributed by atoms with Crippen LogP contribution in [0.3, 0.4) is 0 Å². The third kappa shape index (κ3) is 3.08. The van der Waals surface area contributed by atoms with Crippen LogP contribution in [-0.4, -0.2) is 16.8 Å². The maximum atomic E-state index is 3.83. The molecule has 12 heavy (non-hydrogen) atoms. The quantitative estimate of drug-likeness (QED) is 0.589. The molecular formula is C10H20NP. The smallest absolute Gasteiger partial charge is 0.0123 e. The Kier molecular flexibility index (Phi) is 5.44. The predicted molar refractivity (Wildman–Crippen MR) is 59.4 cm³/mol. The van der Waals surface area contributed by atoms with Gasteiger partial charge >= 0.3 is 0 Å². The summed E-state index contributed by atoms with van der Waals surface area (Å²) in [4.78, 5) is 0. The molecule has 0 unspecified atom stereocenters. The Morgan fingerprint density at radius 2 is 1.33 bits per heavy atom. The van der Waals surface area contributed by atoms with Crippen LogP contribution in [0.4, 0.5) is 0 Å². The monoisotopic (exact) mass is 185 g/mol. The van der Waals surface area contributed by atoms with Gasteiger partial charge in [0.2, 0.25) is 0 Å². The zero-order valence-corrected chi connectivity index (χ0v) is 9.51. The molecule has 0 aromatic carbocycles. The molecule has 0 amide bonds. The zero-order valence-electron chi connectivity index (χ0n) is 8.62. The molecule has 0 aromatic heterocycles. The summed E-state index contributed by atoms with van der Waals surface area (Å²) >= 11 is 0. The molecule has 0 spiro atoms. The fraction of sp³-hybridized carbons (Fsp3) is 0.600. The lowest BCUT2D eigenvalue weighted by molar-refractivity contribution is 0.327. The van der Waals surface area contributed by atoms with Gasteiger partial charge in [-0.15, -0.1) is 0 Å². The molecule has 0 atom stereocenters. The van der Waals surface area contributed by atoms with Crippen LogP contribution in [0.1, 0.15) is 27.7 Å². The maximum Gasteiger partial charge on any atom is 0.0123 e. The second-order valence-corrected chi connectivity index (χ2v) is 5.26. The first-order valence-corrected chi connectivity index (χ1v) is 5.79. The van der Waals surface area contributed by atoms with Crippen molar-refractivity contribution in [2.24, 2.45) is 0 Å². The topological polar surface area (TPSA) is 3.24 Å². The molecule has 0 aromatic rings. The fourth-order valence-electron chi connectivity index (χ4n) is 1.39. The molecule has 0 fully saturated rings. The van der Waals surface area contributed by atoms with Gasteiger partial charge in [-0.25, -0.2) is 0 Å². The van der Waals surface area contributed by atoms with Gasteiger partial charge in [0, 0.05) is 20.2 Å². The second kappa shape index (κ2) is 5.50. The molecule has 0 aliphatic carbocycles. The normalized spacial score (nSPS) is 11.7. The van der Waals surface area contributed by atoms with Crippen molar-refractivity contribution in [3.05, 3.63) is 24.8 Å². The average Bonchev–Trinajstić information content (AvgIpc) is 1.98. The van der Waals surface area contributed by atoms with Crippen molar-refractivity contribution in [1.29, 1.82) is 0 Å². The van der Waals surface area contributed by atoms with Gasteiger partial charge in [0.1, 0.15) is 0 Å². The van der Waals surface area contributed by atoms with E-state index >= 15 is 0 Å². The Morgan fingerprint density at radius 1 is 1.00 bits per heavy atom. The van der Waals surface area contributed by atoms with Crippen molar-refractivity contribution in [2.45, 2.75) is 39.8 Å². The minimum atomic E-state index is -0.337. The molecule has 0 saturated carbocycles. The van der Waals surface area contributed by atoms with Crippen molar-refractivity contribution >= 4 is 8.07 Å². The van der Waals surface area contributed by atoms with E-state index in [0.29, 0.717) is 12.1 Å². The van der Waals surface area contributed by atoms with Crippen LogP contribution in [-0.2, 0) is 0 Å². The molecule has 1 nitrogen and oxygen atoms in total. The Bertz CT molecular complexity index is 136. The summed E-state index contributed by atoms with van der Waals surface area (Å²) in [6.07, 6.45) is 0. The SMILES string of the molecule is C=CP(C=C)N(C(C)C)C(C)C. The van der Waals surface area contributed by atoms with E-state index in [2.05, 4.69) is 45.5 Å². The summed E-state index contributed by atoms with van der Waals surface area (Å²) in [6.45, 7) is 16.5. The molecule has 0 saturated heterocycles. The zero-order chi connectivity index (χ0) is 9.72. The highest BCUT2D eigenvalue weighted by molar-refractivity contribution is 7.61. The van der Waals surface area contributed by atoms with E-state index in [1.807, 2.05) is 11.6 Å². The number of nitrogens with zero attached hydrogens (tertiary/aromatic N) is 1. The van der Waals surface area contributed by atoms with Crippen LogP contribution in [0.15, 0.2) is 24.8 Å². The van der Waals surface area contributed by atoms with Crippen molar-refractivity contribution in [3.8, 4) is 0 Å². The molecule has 0 aliphatic rings. The van der Waals surface area contributed by atoms with Crippen LogP contribution < -0.4 is 0 Å². The Balaban J connectivity index is 4.46. The first kappa shape index (κ1) is 11.9. The number of rotatable bonds is 5. The minimum absolute atomic E-state index is 0.337. The van der Waals surface area contributed by atoms with E-state index in [-0.39, 0.29) is 8.07 Å². The van der Waals surface area contributed by atoms with Gasteiger partial charge in [-0.05, 0) is 39.3 Å². The van der Waals surface area contributed by atoms with Crippen molar-refractivity contribution in [3.63, 3.8) is 0 Å². The van der Waals surface area contributed by atoms with E-state index < -0.39 is 0 Å². The van der Waals surface area contributed by atoms with Crippen LogP contribution in [0.25, 0.3) is 0 Å². The molecule has 0 rings (SSSR count). The molecule has 0 N–H and O–H groups in total. The van der Waals surface area contributed by atoms with E-state index in [1.54, 1.807) is 0 Å². The first-order valence-electron chi connectivity index (χ1n) is 4.36. The Labute approximate surface area is 78.0 Å². The summed E-state index contributed by atoms with van der Waals surface area (Å²) in [5.74, 6) is 4.00. The summed E-state index contributed by atoms with van der Waals surface area (Å²) in [5, 5.41) is 0. The lowest BCUT2D eigenvalue weighted by Crippen LogP contribution is -2.31. The summed E-state index contributed by atoms with van der Waals surface area (Å²) in [6, 6.07) is 1.12. The first-order chi connectivity index (χ1) is 5.54. The van der Waals surface area contributed by atoms with Gasteiger partial charge in [0.05, 0.1) is 0 Å². The van der Waals surface area contributed by atoms with Crippen molar-refractivity contribution in [2.75, 3.05) is 0 Å². The van der Waals surface area contributed by atoms with Gasteiger partial charge in [-0.3, -0.25) is 4.67 Å². The third-order valence-corrected chi connectivity index (χ3v) is 3.90. The third-order valence-electron chi connectivity index (χ3n) is 1.70. The Morgan fingerprint density at radius 3 is 1.42 bits per heavy atom. The van der Waals surface area contributed by atoms with E-state index in [1.165, 1.54) is 0 Å². The fourth-order valence-corrected chi connectivity index (χ4v) is 2.99. The molecule has 2 heteroatoms. The maximum absolute atomic E-state index is 3.83. The minimum Gasteiger partial charge on any atom is -0.271 e. The largest absolute Gasteiger partial charge is 0.271 e. The van der Waals surface area contributed by atoms with Crippen LogP contribution in [0, 0.1) is 0 Å². The number of hydrogen-bond donors (Lipinski definition) is 0. The van der Waals surface area contributed by atoms with E-state index in [9.17, 15) is 0 Å². The van der Waals surface area contributed by atoms with Crippen LogP contribution in [0.2, 0.25) is 0 Å². The summed E-state index contributed by atoms with van der Waals surface area (Å²) in [5.41, 5.74) is 0. The number of hydrogen-bond acceptors (Lipinski definition) is 1. The van der Waals surface area contributed by atoms with Crippen molar-refractivity contribution < 1.29 is 0 Å². The summed E-state index contributed by atoms with van der Waals surface area (Å²) < 4.78 is 2.44. The standard InChI is InChI=1S/C10H20NP/c1-7-12(8-2)11(9(3)4)10(5)6/h7-10H,1-2H2,3-6H3. The molecular weight excluding hydrogens is 165 g/mol. The average molecular weight is 185 g/mol. The lowest BCUT2D eigenvalue weighted by atomic mass is 10.3. The highest BCUT2D eigenvalue weighted by Crippen LogP contribution is 2.45. The van der Waals surface area contributed by atoms with E-state index in [4.69, 9.17) is 0 Å². The van der Waals surface area contributed by atoms with Crippen LogP contribution >= 0.6 is 8.07 Å². The van der Waals surface area contributed by atoms with Gasteiger partial charge in [-0.1, -0.05) is 13.2 Å². The molecule has 0 aliphatic heterocycles. The molecule has 70 valence electrons. The van der Waals surface area contributed by atoms with Gasteiger partial charge < -0.3 is 0 Å². The molecule has 0 bridgehead atoms. The Hall–Kier alpha value is -0.130. The predicted octanol–water partition coefficient (Wildman–Crippen LogP) is 3.79. The molecule has 0 radical (unpaired) electrons. The van der Waals surface area contributed by atoms with Crippen molar-refractivity contribution in [1.82, 2.24) is 4.67 Å². The van der Waals surface area contributed by atoms with Gasteiger partial charge in [-0.2, -0.15) is 0 Å². The highest BCUT2D eigenvalue weighted by Gasteiger charge is 2.18. The summed E-state index contributed by atoms with van der Waals surface area (Å²) in [7, 11) is -0.337. The second-order valence-electron chi connectivity index (χ2n) is 3.31. The van der Waals surface area contributed by atoms with Gasteiger partial charge in [0.25, 0.3) is 0 Å².